The van der Waals surface area contributed by atoms with Crippen molar-refractivity contribution in [3.8, 4) is 0 Å². The normalized spacial score (nSPS) is 37.2. The molecule has 3 aliphatic rings. The Balaban J connectivity index is 1.45. The highest BCUT2D eigenvalue weighted by Gasteiger charge is 2.53. The molecule has 2 nitrogen and oxygen atoms in total. The molecule has 0 heterocycles. The zero-order valence-corrected chi connectivity index (χ0v) is 13.4. The molecule has 4 rings (SSSR count). The van der Waals surface area contributed by atoms with Crippen molar-refractivity contribution in [1.29, 1.82) is 0 Å². The van der Waals surface area contributed by atoms with Crippen LogP contribution in [0.4, 0.5) is 5.69 Å². The van der Waals surface area contributed by atoms with Crippen molar-refractivity contribution < 1.29 is 0 Å². The summed E-state index contributed by atoms with van der Waals surface area (Å²) in [6, 6.07) is 9.77. The smallest absolute Gasteiger partial charge is 0.0345 e. The number of fused-ring (bicyclic) bond motifs is 5. The lowest BCUT2D eigenvalue weighted by Crippen LogP contribution is -2.33. The number of hydrogen-bond acceptors (Lipinski definition) is 2. The number of rotatable bonds is 4. The third-order valence-electron chi connectivity index (χ3n) is 6.21. The lowest BCUT2D eigenvalue weighted by molar-refractivity contribution is 0.243. The van der Waals surface area contributed by atoms with E-state index in [1.807, 2.05) is 0 Å². The van der Waals surface area contributed by atoms with Gasteiger partial charge in [-0.1, -0.05) is 18.6 Å². The van der Waals surface area contributed by atoms with Gasteiger partial charge in [0.05, 0.1) is 0 Å². The fourth-order valence-electron chi connectivity index (χ4n) is 5.57. The van der Waals surface area contributed by atoms with Crippen molar-refractivity contribution >= 4 is 5.69 Å². The van der Waals surface area contributed by atoms with Gasteiger partial charge in [0.25, 0.3) is 0 Å². The SMILES string of the molecule is CN(C)Cc1cccc(NC2CC3CC2C2CCCC32)c1. The summed E-state index contributed by atoms with van der Waals surface area (Å²) in [7, 11) is 4.27. The quantitative estimate of drug-likeness (QED) is 0.899. The summed E-state index contributed by atoms with van der Waals surface area (Å²) < 4.78 is 0. The van der Waals surface area contributed by atoms with Gasteiger partial charge in [-0.2, -0.15) is 0 Å². The van der Waals surface area contributed by atoms with Gasteiger partial charge in [-0.3, -0.25) is 0 Å². The summed E-state index contributed by atoms with van der Waals surface area (Å²) in [5.41, 5.74) is 2.74. The van der Waals surface area contributed by atoms with E-state index in [2.05, 4.69) is 48.6 Å². The number of nitrogens with zero attached hydrogens (tertiary/aromatic N) is 1. The first-order chi connectivity index (χ1) is 10.2. The summed E-state index contributed by atoms with van der Waals surface area (Å²) in [4.78, 5) is 2.24. The highest BCUT2D eigenvalue weighted by Crippen LogP contribution is 2.59. The van der Waals surface area contributed by atoms with Crippen LogP contribution in [0.5, 0.6) is 0 Å². The minimum atomic E-state index is 0.740. The Hall–Kier alpha value is -1.02. The summed E-state index contributed by atoms with van der Waals surface area (Å²) >= 11 is 0. The number of benzene rings is 1. The standard InChI is InChI=1S/C19H28N2/c1-21(2)12-13-5-3-6-15(9-13)20-19-11-14-10-18(19)17-8-4-7-16(14)17/h3,5-6,9,14,16-20H,4,7-8,10-12H2,1-2H3. The average molecular weight is 284 g/mol. The number of hydrogen-bond donors (Lipinski definition) is 1. The van der Waals surface area contributed by atoms with Crippen molar-refractivity contribution in [1.82, 2.24) is 4.90 Å². The van der Waals surface area contributed by atoms with E-state index in [0.29, 0.717) is 0 Å². The molecule has 0 saturated heterocycles. The second-order valence-corrected chi connectivity index (χ2v) is 7.84. The van der Waals surface area contributed by atoms with E-state index in [9.17, 15) is 0 Å². The summed E-state index contributed by atoms with van der Waals surface area (Å²) in [6.45, 7) is 1.02. The van der Waals surface area contributed by atoms with Crippen molar-refractivity contribution in [3.05, 3.63) is 29.8 Å². The van der Waals surface area contributed by atoms with Crippen molar-refractivity contribution in [3.63, 3.8) is 0 Å². The second-order valence-electron chi connectivity index (χ2n) is 7.84. The molecule has 2 heteroatoms. The second kappa shape index (κ2) is 5.31. The molecule has 2 bridgehead atoms. The van der Waals surface area contributed by atoms with E-state index < -0.39 is 0 Å². The van der Waals surface area contributed by atoms with Crippen LogP contribution in [0, 0.1) is 23.7 Å². The Morgan fingerprint density at radius 2 is 1.95 bits per heavy atom. The van der Waals surface area contributed by atoms with Crippen LogP contribution >= 0.6 is 0 Å². The van der Waals surface area contributed by atoms with Gasteiger partial charge in [-0.25, -0.2) is 0 Å². The maximum absolute atomic E-state index is 3.88. The van der Waals surface area contributed by atoms with Crippen LogP contribution in [0.2, 0.25) is 0 Å². The zero-order valence-electron chi connectivity index (χ0n) is 13.4. The first kappa shape index (κ1) is 13.6. The van der Waals surface area contributed by atoms with Crippen LogP contribution in [-0.2, 0) is 6.54 Å². The molecule has 1 aromatic rings. The van der Waals surface area contributed by atoms with E-state index in [1.165, 1.54) is 43.4 Å². The zero-order chi connectivity index (χ0) is 14.4. The average Bonchev–Trinajstić information content (AvgIpc) is 3.09. The molecule has 5 atom stereocenters. The number of anilines is 1. The Kier molecular flexibility index (Phi) is 3.45. The highest BCUT2D eigenvalue weighted by molar-refractivity contribution is 5.47. The van der Waals surface area contributed by atoms with Crippen molar-refractivity contribution in [2.24, 2.45) is 23.7 Å². The van der Waals surface area contributed by atoms with Crippen LogP contribution in [-0.4, -0.2) is 25.0 Å². The van der Waals surface area contributed by atoms with Crippen molar-refractivity contribution in [2.75, 3.05) is 19.4 Å². The van der Waals surface area contributed by atoms with E-state index in [-0.39, 0.29) is 0 Å². The fraction of sp³-hybridized carbons (Fsp3) is 0.684. The molecule has 0 aliphatic heterocycles. The summed E-state index contributed by atoms with van der Waals surface area (Å²) in [5, 5.41) is 3.88. The Bertz CT molecular complexity index is 510. The summed E-state index contributed by atoms with van der Waals surface area (Å²) in [5.74, 6) is 4.13. The van der Waals surface area contributed by atoms with Gasteiger partial charge >= 0.3 is 0 Å². The third kappa shape index (κ3) is 2.48. The first-order valence-electron chi connectivity index (χ1n) is 8.71. The summed E-state index contributed by atoms with van der Waals surface area (Å²) in [6.07, 6.45) is 7.45. The minimum absolute atomic E-state index is 0.740. The van der Waals surface area contributed by atoms with Gasteiger partial charge in [0.2, 0.25) is 0 Å². The van der Waals surface area contributed by atoms with Crippen LogP contribution < -0.4 is 5.32 Å². The first-order valence-corrected chi connectivity index (χ1v) is 8.71. The molecule has 0 aromatic heterocycles. The van der Waals surface area contributed by atoms with Gasteiger partial charge in [-0.15, -0.1) is 0 Å². The molecule has 21 heavy (non-hydrogen) atoms. The maximum Gasteiger partial charge on any atom is 0.0345 e. The number of nitrogens with one attached hydrogen (secondary N) is 1. The lowest BCUT2D eigenvalue weighted by atomic mass is 9.79. The predicted molar refractivity (Wildman–Crippen MR) is 88.3 cm³/mol. The molecule has 1 N–H and O–H groups in total. The van der Waals surface area contributed by atoms with Gasteiger partial charge in [0.15, 0.2) is 0 Å². The monoisotopic (exact) mass is 284 g/mol. The maximum atomic E-state index is 3.88. The minimum Gasteiger partial charge on any atom is -0.382 e. The van der Waals surface area contributed by atoms with E-state index in [0.717, 1.165) is 36.3 Å². The van der Waals surface area contributed by atoms with Crippen molar-refractivity contribution in [2.45, 2.75) is 44.7 Å². The molecule has 0 radical (unpaired) electrons. The fourth-order valence-corrected chi connectivity index (χ4v) is 5.57. The molecular weight excluding hydrogens is 256 g/mol. The molecule has 3 aliphatic carbocycles. The Morgan fingerprint density at radius 3 is 2.81 bits per heavy atom. The molecule has 0 amide bonds. The molecular formula is C19H28N2. The highest BCUT2D eigenvalue weighted by atomic mass is 15.0. The van der Waals surface area contributed by atoms with Gasteiger partial charge in [-0.05, 0) is 81.1 Å². The molecule has 3 saturated carbocycles. The van der Waals surface area contributed by atoms with Gasteiger partial charge in [0.1, 0.15) is 0 Å². The third-order valence-corrected chi connectivity index (χ3v) is 6.21. The van der Waals surface area contributed by atoms with Crippen LogP contribution in [0.1, 0.15) is 37.7 Å². The van der Waals surface area contributed by atoms with Crippen LogP contribution in [0.15, 0.2) is 24.3 Å². The van der Waals surface area contributed by atoms with Gasteiger partial charge in [0, 0.05) is 18.3 Å². The Labute approximate surface area is 128 Å². The Morgan fingerprint density at radius 1 is 1.10 bits per heavy atom. The predicted octanol–water partition coefficient (Wildman–Crippen LogP) is 3.98. The largest absolute Gasteiger partial charge is 0.382 e. The topological polar surface area (TPSA) is 15.3 Å². The van der Waals surface area contributed by atoms with Crippen LogP contribution in [0.25, 0.3) is 0 Å². The van der Waals surface area contributed by atoms with E-state index >= 15 is 0 Å². The lowest BCUT2D eigenvalue weighted by Gasteiger charge is -2.32. The molecule has 0 spiro atoms. The molecule has 5 unspecified atom stereocenters. The molecule has 3 fully saturated rings. The van der Waals surface area contributed by atoms with E-state index in [1.54, 1.807) is 0 Å². The van der Waals surface area contributed by atoms with Gasteiger partial charge < -0.3 is 10.2 Å². The van der Waals surface area contributed by atoms with E-state index in [4.69, 9.17) is 0 Å². The van der Waals surface area contributed by atoms with Crippen LogP contribution in [0.3, 0.4) is 0 Å². The molecule has 114 valence electrons. The molecule has 1 aromatic carbocycles.